The third kappa shape index (κ3) is 6.10. The zero-order valence-corrected chi connectivity index (χ0v) is 15.6. The van der Waals surface area contributed by atoms with Crippen molar-refractivity contribution in [2.75, 3.05) is 13.1 Å². The van der Waals surface area contributed by atoms with Gasteiger partial charge in [0.15, 0.2) is 5.78 Å². The number of carbonyl (C=O) groups excluding carboxylic acids is 1. The molecule has 26 heavy (non-hydrogen) atoms. The number of hydrogen-bond acceptors (Lipinski definition) is 3. The maximum absolute atomic E-state index is 12.9. The van der Waals surface area contributed by atoms with Crippen molar-refractivity contribution in [1.82, 2.24) is 4.31 Å². The van der Waals surface area contributed by atoms with Gasteiger partial charge in [-0.2, -0.15) is 4.31 Å². The van der Waals surface area contributed by atoms with E-state index in [9.17, 15) is 13.2 Å². The van der Waals surface area contributed by atoms with Crippen LogP contribution in [0.25, 0.3) is 6.08 Å². The molecule has 0 fully saturated rings. The van der Waals surface area contributed by atoms with Crippen LogP contribution in [0.3, 0.4) is 0 Å². The quantitative estimate of drug-likeness (QED) is 0.630. The van der Waals surface area contributed by atoms with Gasteiger partial charge in [-0.3, -0.25) is 4.79 Å². The summed E-state index contributed by atoms with van der Waals surface area (Å²) >= 11 is 0. The van der Waals surface area contributed by atoms with Crippen LogP contribution in [0.1, 0.15) is 18.9 Å². The van der Waals surface area contributed by atoms with Gasteiger partial charge >= 0.3 is 0 Å². The summed E-state index contributed by atoms with van der Waals surface area (Å²) in [6.07, 6.45) is 7.39. The molecule has 0 aromatic heterocycles. The summed E-state index contributed by atoms with van der Waals surface area (Å²) in [5, 5.41) is 0. The fourth-order valence-corrected chi connectivity index (χ4v) is 3.82. The minimum Gasteiger partial charge on any atom is -0.295 e. The average Bonchev–Trinajstić information content (AvgIpc) is 2.65. The van der Waals surface area contributed by atoms with E-state index in [1.54, 1.807) is 36.4 Å². The Kier molecular flexibility index (Phi) is 7.51. The third-order valence-corrected chi connectivity index (χ3v) is 5.58. The van der Waals surface area contributed by atoms with Crippen molar-refractivity contribution in [2.45, 2.75) is 18.2 Å². The maximum atomic E-state index is 12.9. The fraction of sp³-hybridized carbons (Fsp3) is 0.190. The first-order valence-electron chi connectivity index (χ1n) is 8.44. The number of benzene rings is 2. The Morgan fingerprint density at radius 1 is 0.962 bits per heavy atom. The van der Waals surface area contributed by atoms with Crippen molar-refractivity contribution in [3.8, 4) is 0 Å². The minimum atomic E-state index is -3.59. The molecule has 0 saturated carbocycles. The zero-order chi connectivity index (χ0) is 18.8. The molecule has 5 heteroatoms. The van der Waals surface area contributed by atoms with Crippen LogP contribution >= 0.6 is 0 Å². The van der Waals surface area contributed by atoms with Crippen LogP contribution in [0.15, 0.2) is 83.8 Å². The van der Waals surface area contributed by atoms with Crippen LogP contribution in [-0.2, 0) is 14.8 Å². The summed E-state index contributed by atoms with van der Waals surface area (Å²) in [7, 11) is -3.59. The summed E-state index contributed by atoms with van der Waals surface area (Å²) in [5.74, 6) is -0.0496. The van der Waals surface area contributed by atoms with Gasteiger partial charge in [0, 0.05) is 13.1 Å². The summed E-state index contributed by atoms with van der Waals surface area (Å²) < 4.78 is 27.2. The fourth-order valence-electron chi connectivity index (χ4n) is 2.39. The van der Waals surface area contributed by atoms with E-state index in [0.29, 0.717) is 13.0 Å². The van der Waals surface area contributed by atoms with E-state index in [4.69, 9.17) is 0 Å². The highest BCUT2D eigenvalue weighted by Gasteiger charge is 2.22. The lowest BCUT2D eigenvalue weighted by Gasteiger charge is -2.20. The zero-order valence-electron chi connectivity index (χ0n) is 14.8. The highest BCUT2D eigenvalue weighted by atomic mass is 32.2. The first-order chi connectivity index (χ1) is 12.5. The van der Waals surface area contributed by atoms with Crippen LogP contribution in [0.4, 0.5) is 0 Å². The van der Waals surface area contributed by atoms with Crippen molar-refractivity contribution >= 4 is 21.9 Å². The highest BCUT2D eigenvalue weighted by Crippen LogP contribution is 2.16. The van der Waals surface area contributed by atoms with Gasteiger partial charge in [-0.15, -0.1) is 0 Å². The lowest BCUT2D eigenvalue weighted by molar-refractivity contribution is -0.112. The number of nitrogens with zero attached hydrogens (tertiary/aromatic N) is 1. The second-order valence-corrected chi connectivity index (χ2v) is 7.73. The van der Waals surface area contributed by atoms with Gasteiger partial charge in [-0.1, -0.05) is 66.8 Å². The van der Waals surface area contributed by atoms with Gasteiger partial charge in [0.1, 0.15) is 0 Å². The van der Waals surface area contributed by atoms with Gasteiger partial charge in [0.2, 0.25) is 10.0 Å². The lowest BCUT2D eigenvalue weighted by atomic mass is 10.2. The number of carbonyl (C=O) groups is 1. The maximum Gasteiger partial charge on any atom is 0.243 e. The summed E-state index contributed by atoms with van der Waals surface area (Å²) in [5.41, 5.74) is 1.01. The SMILES string of the molecule is CC(=O)/C=C/CCN(C/C=C/c1ccccc1)S(=O)(=O)c1ccccc1. The Hall–Kier alpha value is -2.50. The van der Waals surface area contributed by atoms with E-state index >= 15 is 0 Å². The standard InChI is InChI=1S/C21H23NO3S/c1-19(23)11-8-9-17-22(18-10-14-20-12-4-2-5-13-20)26(24,25)21-15-6-3-7-16-21/h2-8,10-16H,9,17-18H2,1H3/b11-8+,14-10+. The van der Waals surface area contributed by atoms with Crippen molar-refractivity contribution in [1.29, 1.82) is 0 Å². The van der Waals surface area contributed by atoms with Crippen LogP contribution in [0.2, 0.25) is 0 Å². The van der Waals surface area contributed by atoms with Crippen LogP contribution in [-0.4, -0.2) is 31.6 Å². The predicted octanol–water partition coefficient (Wildman–Crippen LogP) is 3.93. The molecule has 0 spiro atoms. The Morgan fingerprint density at radius 2 is 1.58 bits per heavy atom. The topological polar surface area (TPSA) is 54.5 Å². The van der Waals surface area contributed by atoms with E-state index in [2.05, 4.69) is 0 Å². The largest absolute Gasteiger partial charge is 0.295 e. The number of allylic oxidation sites excluding steroid dienone is 1. The molecular weight excluding hydrogens is 346 g/mol. The predicted molar refractivity (Wildman–Crippen MR) is 105 cm³/mol. The average molecular weight is 369 g/mol. The molecule has 0 saturated heterocycles. The monoisotopic (exact) mass is 369 g/mol. The van der Waals surface area contributed by atoms with Crippen LogP contribution in [0, 0.1) is 0 Å². The first kappa shape index (κ1) is 19.8. The minimum absolute atomic E-state index is 0.0496. The number of ketones is 1. The Morgan fingerprint density at radius 3 is 2.19 bits per heavy atom. The molecule has 0 atom stereocenters. The molecule has 0 aliphatic carbocycles. The molecule has 4 nitrogen and oxygen atoms in total. The molecule has 0 amide bonds. The number of rotatable bonds is 9. The molecule has 0 aliphatic heterocycles. The second-order valence-electron chi connectivity index (χ2n) is 5.79. The van der Waals surface area contributed by atoms with Gasteiger partial charge in [-0.25, -0.2) is 8.42 Å². The van der Waals surface area contributed by atoms with Gasteiger partial charge in [-0.05, 0) is 37.1 Å². The second kappa shape index (κ2) is 9.85. The van der Waals surface area contributed by atoms with Gasteiger partial charge in [0.05, 0.1) is 4.90 Å². The first-order valence-corrected chi connectivity index (χ1v) is 9.88. The molecule has 2 aromatic carbocycles. The Balaban J connectivity index is 2.15. The molecule has 0 unspecified atom stereocenters. The molecule has 0 N–H and O–H groups in total. The van der Waals surface area contributed by atoms with Crippen LogP contribution in [0.5, 0.6) is 0 Å². The molecule has 0 bridgehead atoms. The molecule has 0 aliphatic rings. The third-order valence-electron chi connectivity index (χ3n) is 3.70. The molecule has 2 aromatic rings. The normalized spacial score (nSPS) is 12.2. The number of hydrogen-bond donors (Lipinski definition) is 0. The summed E-state index contributed by atoms with van der Waals surface area (Å²) in [6, 6.07) is 18.1. The van der Waals surface area contributed by atoms with E-state index in [0.717, 1.165) is 5.56 Å². The van der Waals surface area contributed by atoms with Crippen molar-refractivity contribution < 1.29 is 13.2 Å². The summed E-state index contributed by atoms with van der Waals surface area (Å²) in [6.45, 7) is 2.04. The van der Waals surface area contributed by atoms with Gasteiger partial charge < -0.3 is 0 Å². The van der Waals surface area contributed by atoms with E-state index in [1.807, 2.05) is 42.5 Å². The Labute approximate surface area is 155 Å². The van der Waals surface area contributed by atoms with Crippen LogP contribution < -0.4 is 0 Å². The highest BCUT2D eigenvalue weighted by molar-refractivity contribution is 7.89. The molecular formula is C21H23NO3S. The molecule has 0 radical (unpaired) electrons. The lowest BCUT2D eigenvalue weighted by Crippen LogP contribution is -2.32. The van der Waals surface area contributed by atoms with E-state index in [1.165, 1.54) is 17.3 Å². The van der Waals surface area contributed by atoms with Crippen molar-refractivity contribution in [3.63, 3.8) is 0 Å². The number of sulfonamides is 1. The molecule has 0 heterocycles. The van der Waals surface area contributed by atoms with E-state index in [-0.39, 0.29) is 17.2 Å². The summed E-state index contributed by atoms with van der Waals surface area (Å²) in [4.78, 5) is 11.3. The van der Waals surface area contributed by atoms with E-state index < -0.39 is 10.0 Å². The van der Waals surface area contributed by atoms with Crippen molar-refractivity contribution in [2.24, 2.45) is 0 Å². The molecule has 136 valence electrons. The van der Waals surface area contributed by atoms with Gasteiger partial charge in [0.25, 0.3) is 0 Å². The Bertz CT molecular complexity index is 857. The van der Waals surface area contributed by atoms with Crippen molar-refractivity contribution in [3.05, 3.63) is 84.5 Å². The smallest absolute Gasteiger partial charge is 0.243 e. The molecule has 2 rings (SSSR count).